The topological polar surface area (TPSA) is 55.1 Å². The Morgan fingerprint density at radius 1 is 1.70 bits per heavy atom. The van der Waals surface area contributed by atoms with Gasteiger partial charge in [0.15, 0.2) is 0 Å². The molecule has 65 valence electrons. The Bertz CT molecular complexity index is 103. The van der Waals surface area contributed by atoms with Crippen molar-refractivity contribution in [1.82, 2.24) is 3.88 Å². The van der Waals surface area contributed by atoms with Crippen LogP contribution in [-0.4, -0.2) is 18.9 Å². The third-order valence-electron chi connectivity index (χ3n) is 0.828. The summed E-state index contributed by atoms with van der Waals surface area (Å²) >= 11 is -2.03. The Morgan fingerprint density at radius 3 is 2.60 bits per heavy atom. The van der Waals surface area contributed by atoms with Crippen LogP contribution in [0.2, 0.25) is 0 Å². The zero-order valence-electron chi connectivity index (χ0n) is 5.13. The van der Waals surface area contributed by atoms with Crippen LogP contribution in [-0.2, 0) is 20.3 Å². The second-order valence-corrected chi connectivity index (χ2v) is 8.33. The number of hydrogen-bond donors (Lipinski definition) is 2. The molecule has 0 saturated heterocycles. The third-order valence-corrected chi connectivity index (χ3v) is 3.30. The van der Waals surface area contributed by atoms with E-state index in [4.69, 9.17) is 24.6 Å². The van der Waals surface area contributed by atoms with Crippen LogP contribution in [0.25, 0.3) is 0 Å². The van der Waals surface area contributed by atoms with E-state index in [9.17, 15) is 4.79 Å². The second-order valence-electron chi connectivity index (χ2n) is 1.58. The Balaban J connectivity index is 3.49. The molecular formula is C4H9Cl2N2OPt. The summed E-state index contributed by atoms with van der Waals surface area (Å²) in [5.41, 5.74) is 5.21. The van der Waals surface area contributed by atoms with Gasteiger partial charge in [0.2, 0.25) is 0 Å². The van der Waals surface area contributed by atoms with Gasteiger partial charge < -0.3 is 0 Å². The zero-order chi connectivity index (χ0) is 7.98. The predicted octanol–water partition coefficient (Wildman–Crippen LogP) is 0.333. The SMILES string of the molecule is NCCC(C=O)[NH][Pt]([Cl])[Cl]. The molecule has 0 bridgehead atoms. The minimum atomic E-state index is -2.03. The first-order valence-electron chi connectivity index (χ1n) is 2.57. The normalized spacial score (nSPS) is 14.5. The van der Waals surface area contributed by atoms with Crippen molar-refractivity contribution in [2.45, 2.75) is 12.5 Å². The molecule has 0 saturated carbocycles. The van der Waals surface area contributed by atoms with Crippen LogP contribution in [0.4, 0.5) is 0 Å². The van der Waals surface area contributed by atoms with Gasteiger partial charge in [-0.25, -0.2) is 0 Å². The molecule has 0 fully saturated rings. The molecule has 0 aromatic carbocycles. The summed E-state index contributed by atoms with van der Waals surface area (Å²) in [6.45, 7) is 0.467. The maximum absolute atomic E-state index is 10.2. The third kappa shape index (κ3) is 5.63. The fraction of sp³-hybridized carbons (Fsp3) is 0.750. The molecule has 6 heteroatoms. The van der Waals surface area contributed by atoms with E-state index in [-0.39, 0.29) is 6.04 Å². The summed E-state index contributed by atoms with van der Waals surface area (Å²) in [7, 11) is 11.0. The molecule has 1 atom stereocenters. The molecule has 10 heavy (non-hydrogen) atoms. The summed E-state index contributed by atoms with van der Waals surface area (Å²) in [6.07, 6.45) is 1.37. The fourth-order valence-electron chi connectivity index (χ4n) is 0.403. The summed E-state index contributed by atoms with van der Waals surface area (Å²) < 4.78 is 2.77. The van der Waals surface area contributed by atoms with Gasteiger partial charge in [0.1, 0.15) is 0 Å². The number of nitrogens with two attached hydrogens (primary N) is 1. The predicted molar refractivity (Wildman–Crippen MR) is 38.4 cm³/mol. The van der Waals surface area contributed by atoms with Gasteiger partial charge in [0.25, 0.3) is 0 Å². The van der Waals surface area contributed by atoms with Gasteiger partial charge in [-0.3, -0.25) is 0 Å². The average molecular weight is 367 g/mol. The first kappa shape index (κ1) is 10.9. The number of hydrogen-bond acceptors (Lipinski definition) is 3. The van der Waals surface area contributed by atoms with Gasteiger partial charge in [0, 0.05) is 0 Å². The Morgan fingerprint density at radius 2 is 2.30 bits per heavy atom. The van der Waals surface area contributed by atoms with Gasteiger partial charge in [-0.05, 0) is 0 Å². The van der Waals surface area contributed by atoms with Crippen LogP contribution < -0.4 is 9.61 Å². The monoisotopic (exact) mass is 366 g/mol. The van der Waals surface area contributed by atoms with Gasteiger partial charge in [0.05, 0.1) is 0 Å². The van der Waals surface area contributed by atoms with E-state index in [0.717, 1.165) is 6.29 Å². The Hall–Kier alpha value is 0.858. The van der Waals surface area contributed by atoms with Crippen molar-refractivity contribution >= 4 is 25.1 Å². The van der Waals surface area contributed by atoms with E-state index >= 15 is 0 Å². The molecule has 0 aliphatic rings. The van der Waals surface area contributed by atoms with Crippen molar-refractivity contribution in [3.05, 3.63) is 0 Å². The van der Waals surface area contributed by atoms with Crippen molar-refractivity contribution < 1.29 is 20.3 Å². The van der Waals surface area contributed by atoms with Crippen molar-refractivity contribution in [3.63, 3.8) is 0 Å². The molecule has 3 N–H and O–H groups in total. The van der Waals surface area contributed by atoms with Crippen LogP contribution in [0.1, 0.15) is 6.42 Å². The number of carbonyl (C=O) groups excluding carboxylic acids is 1. The van der Waals surface area contributed by atoms with Gasteiger partial charge in [-0.2, -0.15) is 0 Å². The van der Waals surface area contributed by atoms with E-state index in [2.05, 4.69) is 3.88 Å². The van der Waals surface area contributed by atoms with E-state index in [1.54, 1.807) is 0 Å². The van der Waals surface area contributed by atoms with Crippen LogP contribution in [0.3, 0.4) is 0 Å². The fourth-order valence-corrected chi connectivity index (χ4v) is 2.97. The molecule has 0 aliphatic heterocycles. The van der Waals surface area contributed by atoms with Crippen molar-refractivity contribution in [3.8, 4) is 0 Å². The van der Waals surface area contributed by atoms with Crippen LogP contribution >= 0.6 is 18.8 Å². The molecule has 0 spiro atoms. The molecule has 0 aliphatic carbocycles. The van der Waals surface area contributed by atoms with Crippen LogP contribution in [0, 0.1) is 0 Å². The second kappa shape index (κ2) is 6.56. The van der Waals surface area contributed by atoms with Gasteiger partial charge >= 0.3 is 74.0 Å². The van der Waals surface area contributed by atoms with Gasteiger partial charge in [-0.15, -0.1) is 0 Å². The quantitative estimate of drug-likeness (QED) is 0.689. The van der Waals surface area contributed by atoms with Crippen molar-refractivity contribution in [1.29, 1.82) is 0 Å². The molecule has 1 unspecified atom stereocenters. The van der Waals surface area contributed by atoms with Crippen molar-refractivity contribution in [2.24, 2.45) is 5.73 Å². The van der Waals surface area contributed by atoms with Gasteiger partial charge in [-0.1, -0.05) is 0 Å². The molecular weight excluding hydrogens is 358 g/mol. The molecule has 0 radical (unpaired) electrons. The molecule has 3 nitrogen and oxygen atoms in total. The summed E-state index contributed by atoms with van der Waals surface area (Å²) in [6, 6.07) is -0.259. The van der Waals surface area contributed by atoms with E-state index in [0.29, 0.717) is 13.0 Å². The number of halogens is 2. The Kier molecular flexibility index (Phi) is 7.12. The van der Waals surface area contributed by atoms with E-state index in [1.165, 1.54) is 0 Å². The number of nitrogens with one attached hydrogen (secondary N) is 1. The zero-order valence-corrected chi connectivity index (χ0v) is 8.91. The number of carbonyl (C=O) groups is 1. The average Bonchev–Trinajstić information content (AvgIpc) is 1.86. The van der Waals surface area contributed by atoms with Crippen LogP contribution in [0.5, 0.6) is 0 Å². The summed E-state index contributed by atoms with van der Waals surface area (Å²) in [4.78, 5) is 10.2. The molecule has 0 amide bonds. The number of aldehydes is 1. The summed E-state index contributed by atoms with van der Waals surface area (Å²) in [5, 5.41) is 0. The molecule has 0 aromatic rings. The van der Waals surface area contributed by atoms with Crippen molar-refractivity contribution in [2.75, 3.05) is 6.54 Å². The number of rotatable bonds is 5. The summed E-state index contributed by atoms with van der Waals surface area (Å²) in [5.74, 6) is 0. The molecule has 0 rings (SSSR count). The van der Waals surface area contributed by atoms with E-state index in [1.807, 2.05) is 0 Å². The Labute approximate surface area is 73.9 Å². The minimum absolute atomic E-state index is 0.259. The standard InChI is InChI=1S/C4H9N2O.2ClH.Pt/c5-2-1-4(6)3-7;;;/h3-4,6H,1-2,5H2;2*1H;/q-1;;;+3/p-2. The van der Waals surface area contributed by atoms with E-state index < -0.39 is 15.5 Å². The molecule has 0 heterocycles. The first-order chi connectivity index (χ1) is 4.70. The maximum atomic E-state index is 10.2. The molecule has 0 aromatic heterocycles. The van der Waals surface area contributed by atoms with Crippen LogP contribution in [0.15, 0.2) is 0 Å². The first-order valence-corrected chi connectivity index (χ1v) is 9.34.